The molecule has 0 aliphatic carbocycles. The smallest absolute Gasteiger partial charge is 0.305 e. The van der Waals surface area contributed by atoms with Gasteiger partial charge in [-0.1, -0.05) is 0 Å². The molecule has 7 heteroatoms. The van der Waals surface area contributed by atoms with Gasteiger partial charge in [0.1, 0.15) is 0 Å². The summed E-state index contributed by atoms with van der Waals surface area (Å²) in [5.74, 6) is -0.332. The minimum absolute atomic E-state index is 0.106. The van der Waals surface area contributed by atoms with Gasteiger partial charge in [0.05, 0.1) is 13.7 Å². The molecule has 1 N–H and O–H groups in total. The van der Waals surface area contributed by atoms with Gasteiger partial charge in [0.2, 0.25) is 5.91 Å². The number of nitrogens with zero attached hydrogens (tertiary/aromatic N) is 2. The summed E-state index contributed by atoms with van der Waals surface area (Å²) >= 11 is 1.38. The van der Waals surface area contributed by atoms with Gasteiger partial charge in [0, 0.05) is 18.0 Å². The number of hydrogen-bond acceptors (Lipinski definition) is 6. The Morgan fingerprint density at radius 3 is 2.94 bits per heavy atom. The molecule has 18 heavy (non-hydrogen) atoms. The number of thiazole rings is 1. The normalized spacial score (nSPS) is 10.4. The third-order valence-electron chi connectivity index (χ3n) is 2.24. The maximum absolute atomic E-state index is 11.6. The molecular formula is C11H17N3O3S. The zero-order valence-electron chi connectivity index (χ0n) is 10.5. The number of likely N-dealkylation sites (N-methyl/N-ethyl adjacent to an activating group) is 1. The number of esters is 1. The number of amides is 1. The first-order valence-electron chi connectivity index (χ1n) is 5.56. The quantitative estimate of drug-likeness (QED) is 0.748. The highest BCUT2D eigenvalue weighted by Gasteiger charge is 2.08. The minimum atomic E-state index is -0.226. The van der Waals surface area contributed by atoms with Crippen LogP contribution < -0.4 is 5.32 Å². The monoisotopic (exact) mass is 271 g/mol. The van der Waals surface area contributed by atoms with Crippen LogP contribution in [0.15, 0.2) is 11.6 Å². The molecule has 0 aliphatic heterocycles. The number of methoxy groups -OCH3 is 1. The predicted molar refractivity (Wildman–Crippen MR) is 69.5 cm³/mol. The number of aromatic nitrogens is 1. The molecule has 1 amide bonds. The van der Waals surface area contributed by atoms with Gasteiger partial charge in [-0.2, -0.15) is 0 Å². The van der Waals surface area contributed by atoms with Gasteiger partial charge in [-0.25, -0.2) is 4.98 Å². The Labute approximate surface area is 110 Å². The van der Waals surface area contributed by atoms with E-state index in [1.807, 2.05) is 11.9 Å². The first-order valence-corrected chi connectivity index (χ1v) is 6.44. The molecule has 0 bridgehead atoms. The second-order valence-corrected chi connectivity index (χ2v) is 4.70. The maximum Gasteiger partial charge on any atom is 0.305 e. The van der Waals surface area contributed by atoms with E-state index in [1.54, 1.807) is 11.6 Å². The van der Waals surface area contributed by atoms with E-state index < -0.39 is 0 Å². The minimum Gasteiger partial charge on any atom is -0.469 e. The van der Waals surface area contributed by atoms with E-state index in [0.29, 0.717) is 24.5 Å². The molecule has 1 heterocycles. The van der Waals surface area contributed by atoms with E-state index in [9.17, 15) is 9.59 Å². The summed E-state index contributed by atoms with van der Waals surface area (Å²) in [4.78, 5) is 28.3. The number of anilines is 1. The van der Waals surface area contributed by atoms with Crippen molar-refractivity contribution in [1.82, 2.24) is 9.88 Å². The average Bonchev–Trinajstić information content (AvgIpc) is 2.81. The van der Waals surface area contributed by atoms with Gasteiger partial charge in [-0.15, -0.1) is 11.3 Å². The van der Waals surface area contributed by atoms with Gasteiger partial charge in [-0.3, -0.25) is 14.5 Å². The molecule has 0 atom stereocenters. The maximum atomic E-state index is 11.6. The summed E-state index contributed by atoms with van der Waals surface area (Å²) in [6.45, 7) is 0.946. The molecule has 0 unspecified atom stereocenters. The summed E-state index contributed by atoms with van der Waals surface area (Å²) in [6, 6.07) is 0. The van der Waals surface area contributed by atoms with Crippen LogP contribution in [0.1, 0.15) is 12.8 Å². The fourth-order valence-corrected chi connectivity index (χ4v) is 1.91. The summed E-state index contributed by atoms with van der Waals surface area (Å²) in [7, 11) is 3.20. The van der Waals surface area contributed by atoms with Gasteiger partial charge in [0.15, 0.2) is 5.13 Å². The Balaban J connectivity index is 2.17. The van der Waals surface area contributed by atoms with Gasteiger partial charge < -0.3 is 10.1 Å². The molecule has 100 valence electrons. The molecule has 0 radical (unpaired) electrons. The van der Waals surface area contributed by atoms with Crippen LogP contribution in [0.25, 0.3) is 0 Å². The molecule has 1 rings (SSSR count). The molecule has 0 spiro atoms. The summed E-state index contributed by atoms with van der Waals surface area (Å²) in [6.07, 6.45) is 2.68. The third-order valence-corrected chi connectivity index (χ3v) is 2.93. The van der Waals surface area contributed by atoms with Crippen LogP contribution >= 0.6 is 11.3 Å². The molecular weight excluding hydrogens is 254 g/mol. The lowest BCUT2D eigenvalue weighted by Crippen LogP contribution is -2.31. The molecule has 0 fully saturated rings. The van der Waals surface area contributed by atoms with Crippen LogP contribution in [0.4, 0.5) is 5.13 Å². The van der Waals surface area contributed by atoms with Crippen LogP contribution in [0.2, 0.25) is 0 Å². The lowest BCUT2D eigenvalue weighted by atomic mass is 10.3. The molecule has 6 nitrogen and oxygen atoms in total. The number of carbonyl (C=O) groups excluding carboxylic acids is 2. The topological polar surface area (TPSA) is 71.5 Å². The van der Waals surface area contributed by atoms with Crippen molar-refractivity contribution in [3.8, 4) is 0 Å². The van der Waals surface area contributed by atoms with E-state index in [1.165, 1.54) is 18.4 Å². The van der Waals surface area contributed by atoms with Crippen molar-refractivity contribution in [1.29, 1.82) is 0 Å². The zero-order chi connectivity index (χ0) is 13.4. The van der Waals surface area contributed by atoms with Crippen LogP contribution in [0.5, 0.6) is 0 Å². The molecule has 0 aliphatic rings. The second kappa shape index (κ2) is 7.78. The molecule has 1 aromatic rings. The Hall–Kier alpha value is -1.47. The van der Waals surface area contributed by atoms with E-state index >= 15 is 0 Å². The zero-order valence-corrected chi connectivity index (χ0v) is 11.3. The highest BCUT2D eigenvalue weighted by molar-refractivity contribution is 7.13. The van der Waals surface area contributed by atoms with Crippen molar-refractivity contribution in [3.63, 3.8) is 0 Å². The first kappa shape index (κ1) is 14.6. The van der Waals surface area contributed by atoms with Gasteiger partial charge in [-0.05, 0) is 20.0 Å². The lowest BCUT2D eigenvalue weighted by Gasteiger charge is -2.15. The van der Waals surface area contributed by atoms with Crippen molar-refractivity contribution >= 4 is 28.3 Å². The largest absolute Gasteiger partial charge is 0.469 e. The van der Waals surface area contributed by atoms with Crippen molar-refractivity contribution in [3.05, 3.63) is 11.6 Å². The number of hydrogen-bond donors (Lipinski definition) is 1. The Kier molecular flexibility index (Phi) is 6.31. The third kappa shape index (κ3) is 5.74. The fraction of sp³-hybridized carbons (Fsp3) is 0.545. The molecule has 1 aromatic heterocycles. The standard InChI is InChI=1S/C11H17N3O3S/c1-14(6-3-4-10(16)17-2)8-9(15)13-11-12-5-7-18-11/h5,7H,3-4,6,8H2,1-2H3,(H,12,13,15). The fourth-order valence-electron chi connectivity index (χ4n) is 1.36. The molecule has 0 saturated heterocycles. The van der Waals surface area contributed by atoms with Crippen molar-refractivity contribution in [2.75, 3.05) is 32.6 Å². The number of carbonyl (C=O) groups is 2. The number of rotatable bonds is 7. The first-order chi connectivity index (χ1) is 8.61. The highest BCUT2D eigenvalue weighted by atomic mass is 32.1. The van der Waals surface area contributed by atoms with E-state index in [0.717, 1.165) is 0 Å². The van der Waals surface area contributed by atoms with Crippen molar-refractivity contribution in [2.24, 2.45) is 0 Å². The second-order valence-electron chi connectivity index (χ2n) is 3.80. The van der Waals surface area contributed by atoms with E-state index in [2.05, 4.69) is 15.0 Å². The van der Waals surface area contributed by atoms with Crippen LogP contribution in [-0.4, -0.2) is 49.0 Å². The van der Waals surface area contributed by atoms with Crippen LogP contribution in [0, 0.1) is 0 Å². The SMILES string of the molecule is COC(=O)CCCN(C)CC(=O)Nc1nccs1. The molecule has 0 saturated carbocycles. The lowest BCUT2D eigenvalue weighted by molar-refractivity contribution is -0.140. The molecule has 0 aromatic carbocycles. The van der Waals surface area contributed by atoms with Gasteiger partial charge in [0.25, 0.3) is 0 Å². The number of ether oxygens (including phenoxy) is 1. The number of nitrogens with one attached hydrogen (secondary N) is 1. The van der Waals surface area contributed by atoms with Crippen molar-refractivity contribution in [2.45, 2.75) is 12.8 Å². The summed E-state index contributed by atoms with van der Waals surface area (Å²) in [5.41, 5.74) is 0. The van der Waals surface area contributed by atoms with E-state index in [-0.39, 0.29) is 18.4 Å². The van der Waals surface area contributed by atoms with Crippen molar-refractivity contribution < 1.29 is 14.3 Å². The highest BCUT2D eigenvalue weighted by Crippen LogP contribution is 2.09. The Morgan fingerprint density at radius 1 is 1.56 bits per heavy atom. The average molecular weight is 271 g/mol. The Morgan fingerprint density at radius 2 is 2.33 bits per heavy atom. The van der Waals surface area contributed by atoms with Crippen LogP contribution in [-0.2, 0) is 14.3 Å². The van der Waals surface area contributed by atoms with Crippen LogP contribution in [0.3, 0.4) is 0 Å². The summed E-state index contributed by atoms with van der Waals surface area (Å²) < 4.78 is 4.54. The van der Waals surface area contributed by atoms with E-state index in [4.69, 9.17) is 0 Å². The summed E-state index contributed by atoms with van der Waals surface area (Å²) in [5, 5.41) is 5.10. The predicted octanol–water partition coefficient (Wildman–Crippen LogP) is 0.967. The Bertz CT molecular complexity index is 381. The van der Waals surface area contributed by atoms with Gasteiger partial charge >= 0.3 is 5.97 Å².